The first-order valence-electron chi connectivity index (χ1n) is 6.83. The molecule has 2 rings (SSSR count). The van der Waals surface area contributed by atoms with Gasteiger partial charge in [0, 0.05) is 24.8 Å². The van der Waals surface area contributed by atoms with Crippen LogP contribution in [0.15, 0.2) is 48.5 Å². The standard InChI is InChI=1S/C17H19NO3/c1-20-11-10-18-13-21-17-9-5-4-8-16(17)15-7-3-2-6-14(15)12-19/h2-9,12,18H,10-11,13H2,1H3. The van der Waals surface area contributed by atoms with Gasteiger partial charge in [-0.1, -0.05) is 42.5 Å². The maximum atomic E-state index is 11.2. The number of hydrogen-bond acceptors (Lipinski definition) is 4. The Bertz CT molecular complexity index is 584. The zero-order chi connectivity index (χ0) is 14.9. The minimum Gasteiger partial charge on any atom is -0.478 e. The van der Waals surface area contributed by atoms with Gasteiger partial charge in [-0.05, 0) is 11.6 Å². The number of carbonyl (C=O) groups is 1. The van der Waals surface area contributed by atoms with E-state index in [0.29, 0.717) is 18.9 Å². The van der Waals surface area contributed by atoms with E-state index in [1.165, 1.54) is 0 Å². The molecule has 0 unspecified atom stereocenters. The van der Waals surface area contributed by atoms with Crippen molar-refractivity contribution in [3.8, 4) is 16.9 Å². The van der Waals surface area contributed by atoms with Gasteiger partial charge in [0.25, 0.3) is 0 Å². The minimum atomic E-state index is 0.392. The van der Waals surface area contributed by atoms with Crippen molar-refractivity contribution < 1.29 is 14.3 Å². The predicted molar refractivity (Wildman–Crippen MR) is 82.6 cm³/mol. The molecular formula is C17H19NO3. The number of nitrogens with one attached hydrogen (secondary N) is 1. The van der Waals surface area contributed by atoms with E-state index < -0.39 is 0 Å². The van der Waals surface area contributed by atoms with Gasteiger partial charge in [-0.15, -0.1) is 0 Å². The van der Waals surface area contributed by atoms with Gasteiger partial charge in [-0.3, -0.25) is 10.1 Å². The van der Waals surface area contributed by atoms with Crippen molar-refractivity contribution in [2.24, 2.45) is 0 Å². The third-order valence-corrected chi connectivity index (χ3v) is 3.08. The molecule has 0 aliphatic rings. The highest BCUT2D eigenvalue weighted by molar-refractivity contribution is 5.89. The van der Waals surface area contributed by atoms with Crippen molar-refractivity contribution in [3.05, 3.63) is 54.1 Å². The quantitative estimate of drug-likeness (QED) is 0.460. The first kappa shape index (κ1) is 15.2. The van der Waals surface area contributed by atoms with Crippen molar-refractivity contribution in [2.75, 3.05) is 27.0 Å². The number of para-hydroxylation sites is 1. The lowest BCUT2D eigenvalue weighted by molar-refractivity contribution is 0.112. The fourth-order valence-electron chi connectivity index (χ4n) is 2.04. The highest BCUT2D eigenvalue weighted by Gasteiger charge is 2.09. The van der Waals surface area contributed by atoms with Gasteiger partial charge in [-0.2, -0.15) is 0 Å². The van der Waals surface area contributed by atoms with Crippen LogP contribution in [0.3, 0.4) is 0 Å². The SMILES string of the molecule is COCCNCOc1ccccc1-c1ccccc1C=O. The van der Waals surface area contributed by atoms with Crippen molar-refractivity contribution in [1.82, 2.24) is 5.32 Å². The summed E-state index contributed by atoms with van der Waals surface area (Å²) in [5.74, 6) is 0.747. The zero-order valence-electron chi connectivity index (χ0n) is 12.0. The Morgan fingerprint density at radius 3 is 2.52 bits per heavy atom. The van der Waals surface area contributed by atoms with Gasteiger partial charge in [0.2, 0.25) is 0 Å². The lowest BCUT2D eigenvalue weighted by Gasteiger charge is -2.13. The van der Waals surface area contributed by atoms with E-state index >= 15 is 0 Å². The number of carbonyl (C=O) groups excluding carboxylic acids is 1. The van der Waals surface area contributed by atoms with Crippen LogP contribution in [-0.4, -0.2) is 33.3 Å². The molecule has 0 atom stereocenters. The molecule has 4 nitrogen and oxygen atoms in total. The van der Waals surface area contributed by atoms with E-state index in [2.05, 4.69) is 5.32 Å². The zero-order valence-corrected chi connectivity index (χ0v) is 12.0. The van der Waals surface area contributed by atoms with Crippen molar-refractivity contribution in [3.63, 3.8) is 0 Å². The molecule has 4 heteroatoms. The summed E-state index contributed by atoms with van der Waals surface area (Å²) in [4.78, 5) is 11.2. The van der Waals surface area contributed by atoms with Gasteiger partial charge in [-0.25, -0.2) is 0 Å². The first-order valence-corrected chi connectivity index (χ1v) is 6.83. The lowest BCUT2D eigenvalue weighted by Crippen LogP contribution is -2.24. The van der Waals surface area contributed by atoms with Crippen molar-refractivity contribution in [1.29, 1.82) is 0 Å². The van der Waals surface area contributed by atoms with E-state index in [-0.39, 0.29) is 0 Å². The lowest BCUT2D eigenvalue weighted by atomic mass is 10.00. The second kappa shape index (κ2) is 8.19. The monoisotopic (exact) mass is 285 g/mol. The average molecular weight is 285 g/mol. The summed E-state index contributed by atoms with van der Waals surface area (Å²) >= 11 is 0. The second-order valence-corrected chi connectivity index (χ2v) is 4.48. The molecule has 0 fully saturated rings. The van der Waals surface area contributed by atoms with Crippen LogP contribution < -0.4 is 10.1 Å². The summed E-state index contributed by atoms with van der Waals surface area (Å²) in [6, 6.07) is 15.2. The molecule has 0 saturated heterocycles. The molecule has 0 aliphatic carbocycles. The van der Waals surface area contributed by atoms with Crippen LogP contribution in [0.1, 0.15) is 10.4 Å². The maximum absolute atomic E-state index is 11.2. The third kappa shape index (κ3) is 4.15. The largest absolute Gasteiger partial charge is 0.478 e. The molecule has 0 heterocycles. The summed E-state index contributed by atoms with van der Waals surface area (Å²) in [6.07, 6.45) is 0.864. The first-order chi connectivity index (χ1) is 10.4. The van der Waals surface area contributed by atoms with E-state index in [4.69, 9.17) is 9.47 Å². The van der Waals surface area contributed by atoms with Gasteiger partial charge < -0.3 is 9.47 Å². The summed E-state index contributed by atoms with van der Waals surface area (Å²) in [7, 11) is 1.66. The molecule has 0 aromatic heterocycles. The van der Waals surface area contributed by atoms with Crippen LogP contribution in [0, 0.1) is 0 Å². The molecule has 21 heavy (non-hydrogen) atoms. The van der Waals surface area contributed by atoms with Gasteiger partial charge >= 0.3 is 0 Å². The van der Waals surface area contributed by atoms with Gasteiger partial charge in [0.15, 0.2) is 6.29 Å². The molecule has 2 aromatic rings. The average Bonchev–Trinajstić information content (AvgIpc) is 2.55. The molecular weight excluding hydrogens is 266 g/mol. The number of ether oxygens (including phenoxy) is 2. The van der Waals surface area contributed by atoms with Crippen LogP contribution >= 0.6 is 0 Å². The fraction of sp³-hybridized carbons (Fsp3) is 0.235. The predicted octanol–water partition coefficient (Wildman–Crippen LogP) is 2.74. The minimum absolute atomic E-state index is 0.392. The van der Waals surface area contributed by atoms with Crippen LogP contribution in [0.4, 0.5) is 0 Å². The van der Waals surface area contributed by atoms with Gasteiger partial charge in [0.1, 0.15) is 12.5 Å². The van der Waals surface area contributed by atoms with Crippen molar-refractivity contribution >= 4 is 6.29 Å². The van der Waals surface area contributed by atoms with Crippen LogP contribution in [0.5, 0.6) is 5.75 Å². The molecule has 0 bridgehead atoms. The van der Waals surface area contributed by atoms with E-state index in [0.717, 1.165) is 29.7 Å². The Hall–Kier alpha value is -2.17. The Morgan fingerprint density at radius 1 is 1.05 bits per heavy atom. The van der Waals surface area contributed by atoms with E-state index in [1.54, 1.807) is 13.2 Å². The summed E-state index contributed by atoms with van der Waals surface area (Å²) in [6.45, 7) is 1.76. The van der Waals surface area contributed by atoms with Gasteiger partial charge in [0.05, 0.1) is 6.61 Å². The Labute approximate surface area is 124 Å². The van der Waals surface area contributed by atoms with Crippen molar-refractivity contribution in [2.45, 2.75) is 0 Å². The van der Waals surface area contributed by atoms with Crippen LogP contribution in [0.25, 0.3) is 11.1 Å². The number of hydrogen-bond donors (Lipinski definition) is 1. The number of rotatable bonds is 8. The Kier molecular flexibility index (Phi) is 5.94. The number of aldehydes is 1. The molecule has 110 valence electrons. The molecule has 0 amide bonds. The molecule has 0 spiro atoms. The highest BCUT2D eigenvalue weighted by Crippen LogP contribution is 2.31. The van der Waals surface area contributed by atoms with E-state index in [1.807, 2.05) is 42.5 Å². The van der Waals surface area contributed by atoms with Crippen LogP contribution in [-0.2, 0) is 4.74 Å². The highest BCUT2D eigenvalue weighted by atomic mass is 16.5. The Balaban J connectivity index is 2.15. The Morgan fingerprint density at radius 2 is 1.76 bits per heavy atom. The smallest absolute Gasteiger partial charge is 0.150 e. The second-order valence-electron chi connectivity index (χ2n) is 4.48. The fourth-order valence-corrected chi connectivity index (χ4v) is 2.04. The third-order valence-electron chi connectivity index (χ3n) is 3.08. The number of benzene rings is 2. The molecule has 2 aromatic carbocycles. The normalized spacial score (nSPS) is 10.3. The summed E-state index contributed by atoms with van der Waals surface area (Å²) in [5.41, 5.74) is 2.44. The van der Waals surface area contributed by atoms with E-state index in [9.17, 15) is 4.79 Å². The topological polar surface area (TPSA) is 47.6 Å². The maximum Gasteiger partial charge on any atom is 0.150 e. The molecule has 0 aliphatic heterocycles. The van der Waals surface area contributed by atoms with Crippen LogP contribution in [0.2, 0.25) is 0 Å². The molecule has 0 radical (unpaired) electrons. The number of methoxy groups -OCH3 is 1. The molecule has 1 N–H and O–H groups in total. The molecule has 0 saturated carbocycles. The summed E-state index contributed by atoms with van der Waals surface area (Å²) < 4.78 is 10.7. The summed E-state index contributed by atoms with van der Waals surface area (Å²) in [5, 5.41) is 3.13.